The van der Waals surface area contributed by atoms with E-state index >= 15 is 0 Å². The average molecular weight is 332 g/mol. The van der Waals surface area contributed by atoms with Gasteiger partial charge in [-0.25, -0.2) is 0 Å². The van der Waals surface area contributed by atoms with Gasteiger partial charge in [-0.1, -0.05) is 40.6 Å². The van der Waals surface area contributed by atoms with Gasteiger partial charge in [0.15, 0.2) is 5.76 Å². The first-order valence-corrected chi connectivity index (χ1v) is 8.09. The third-order valence-corrected chi connectivity index (χ3v) is 4.67. The van der Waals surface area contributed by atoms with Gasteiger partial charge in [0.25, 0.3) is 0 Å². The summed E-state index contributed by atoms with van der Waals surface area (Å²) in [4.78, 5) is 2.90. The molecule has 1 fully saturated rings. The summed E-state index contributed by atoms with van der Waals surface area (Å²) in [6.45, 7) is 0.369. The third kappa shape index (κ3) is 2.73. The fourth-order valence-corrected chi connectivity index (χ4v) is 3.12. The maximum absolute atomic E-state index is 9.54. The molecule has 0 unspecified atom stereocenters. The summed E-state index contributed by atoms with van der Waals surface area (Å²) in [5.41, 5.74) is 12.0. The predicted molar refractivity (Wildman–Crippen MR) is 94.0 cm³/mol. The van der Waals surface area contributed by atoms with Crippen LogP contribution in [0, 0.1) is 0 Å². The van der Waals surface area contributed by atoms with Crippen molar-refractivity contribution in [1.82, 2.24) is 5.16 Å². The second-order valence-electron chi connectivity index (χ2n) is 6.32. The normalized spacial score (nSPS) is 14.7. The minimum atomic E-state index is -0.264. The van der Waals surface area contributed by atoms with E-state index in [2.05, 4.69) is 15.2 Å². The highest BCUT2D eigenvalue weighted by Crippen LogP contribution is 2.53. The molecule has 6 heteroatoms. The van der Waals surface area contributed by atoms with Crippen LogP contribution in [-0.4, -0.2) is 16.8 Å². The van der Waals surface area contributed by atoms with E-state index in [0.717, 1.165) is 41.0 Å². The third-order valence-electron chi connectivity index (χ3n) is 4.67. The van der Waals surface area contributed by atoms with Crippen LogP contribution in [0.4, 0.5) is 0 Å². The molecule has 2 aromatic carbocycles. The highest BCUT2D eigenvalue weighted by Gasteiger charge is 2.49. The molecule has 3 aromatic rings. The van der Waals surface area contributed by atoms with Crippen molar-refractivity contribution < 1.29 is 9.63 Å². The molecule has 1 aromatic heterocycles. The fraction of sp³-hybridized carbons (Fsp3) is 0.211. The van der Waals surface area contributed by atoms with Gasteiger partial charge in [0.1, 0.15) is 11.4 Å². The van der Waals surface area contributed by atoms with Crippen LogP contribution in [0.5, 0.6) is 5.75 Å². The van der Waals surface area contributed by atoms with Crippen molar-refractivity contribution in [1.29, 1.82) is 0 Å². The number of azide groups is 1. The van der Waals surface area contributed by atoms with Crippen molar-refractivity contribution in [2.24, 2.45) is 5.11 Å². The van der Waals surface area contributed by atoms with Crippen molar-refractivity contribution >= 4 is 0 Å². The topological polar surface area (TPSA) is 95.0 Å². The Labute approximate surface area is 144 Å². The summed E-state index contributed by atoms with van der Waals surface area (Å²) >= 11 is 0. The van der Waals surface area contributed by atoms with E-state index in [-0.39, 0.29) is 11.2 Å². The number of aromatic nitrogens is 1. The Morgan fingerprint density at radius 3 is 2.44 bits per heavy atom. The molecule has 0 atom stereocenters. The second kappa shape index (κ2) is 6.00. The molecule has 1 saturated carbocycles. The summed E-state index contributed by atoms with van der Waals surface area (Å²) < 4.78 is 5.76. The minimum Gasteiger partial charge on any atom is -0.508 e. The van der Waals surface area contributed by atoms with Crippen molar-refractivity contribution in [2.45, 2.75) is 18.3 Å². The van der Waals surface area contributed by atoms with Crippen LogP contribution < -0.4 is 0 Å². The summed E-state index contributed by atoms with van der Waals surface area (Å²) in [5.74, 6) is 0.977. The standard InChI is InChI=1S/C19H16N4O2/c20-23-21-12-19(10-11-19)18-16(13-4-2-1-3-5-13)17(22-25-18)14-6-8-15(24)9-7-14/h1-9,24H,10-12H2. The smallest absolute Gasteiger partial charge is 0.151 e. The van der Waals surface area contributed by atoms with E-state index in [1.165, 1.54) is 0 Å². The summed E-state index contributed by atoms with van der Waals surface area (Å²) in [5, 5.41) is 17.6. The zero-order valence-electron chi connectivity index (χ0n) is 13.5. The zero-order chi connectivity index (χ0) is 17.3. The lowest BCUT2D eigenvalue weighted by Crippen LogP contribution is -2.10. The number of rotatable bonds is 5. The van der Waals surface area contributed by atoms with Crippen molar-refractivity contribution in [3.8, 4) is 28.1 Å². The van der Waals surface area contributed by atoms with E-state index in [1.807, 2.05) is 42.5 Å². The molecule has 0 bridgehead atoms. The van der Waals surface area contributed by atoms with E-state index < -0.39 is 0 Å². The lowest BCUT2D eigenvalue weighted by molar-refractivity contribution is 0.356. The van der Waals surface area contributed by atoms with Crippen LogP contribution in [0.2, 0.25) is 0 Å². The summed E-state index contributed by atoms with van der Waals surface area (Å²) in [6.07, 6.45) is 1.83. The van der Waals surface area contributed by atoms with Crippen molar-refractivity contribution in [3.05, 3.63) is 70.8 Å². The lowest BCUT2D eigenvalue weighted by Gasteiger charge is -2.11. The molecule has 25 heavy (non-hydrogen) atoms. The van der Waals surface area contributed by atoms with E-state index in [0.29, 0.717) is 6.54 Å². The van der Waals surface area contributed by atoms with Crippen LogP contribution in [-0.2, 0) is 5.41 Å². The van der Waals surface area contributed by atoms with Crippen LogP contribution in [0.25, 0.3) is 32.8 Å². The molecule has 0 aliphatic heterocycles. The monoisotopic (exact) mass is 332 g/mol. The molecule has 0 radical (unpaired) electrons. The Bertz CT molecular complexity index is 937. The number of aromatic hydroxyl groups is 1. The second-order valence-corrected chi connectivity index (χ2v) is 6.32. The summed E-state index contributed by atoms with van der Waals surface area (Å²) in [7, 11) is 0. The van der Waals surface area contributed by atoms with Gasteiger partial charge in [0.2, 0.25) is 0 Å². The molecule has 0 spiro atoms. The maximum Gasteiger partial charge on any atom is 0.151 e. The van der Waals surface area contributed by atoms with Gasteiger partial charge in [0.05, 0.1) is 5.56 Å². The molecule has 0 amide bonds. The SMILES string of the molecule is [N-]=[N+]=NCC1(c2onc(-c3ccc(O)cc3)c2-c2ccccc2)CC1. The molecule has 1 aliphatic rings. The van der Waals surface area contributed by atoms with E-state index in [4.69, 9.17) is 10.1 Å². The number of nitrogens with zero attached hydrogens (tertiary/aromatic N) is 4. The average Bonchev–Trinajstić information content (AvgIpc) is 3.31. The molecule has 0 saturated heterocycles. The molecule has 1 aliphatic carbocycles. The van der Waals surface area contributed by atoms with Crippen molar-refractivity contribution in [3.63, 3.8) is 0 Å². The van der Waals surface area contributed by atoms with Crippen LogP contribution in [0.15, 0.2) is 64.2 Å². The van der Waals surface area contributed by atoms with Crippen LogP contribution in [0.3, 0.4) is 0 Å². The fourth-order valence-electron chi connectivity index (χ4n) is 3.12. The Kier molecular flexibility index (Phi) is 3.67. The van der Waals surface area contributed by atoms with Gasteiger partial charge < -0.3 is 9.63 Å². The molecule has 6 nitrogen and oxygen atoms in total. The lowest BCUT2D eigenvalue weighted by atomic mass is 9.92. The number of hydrogen-bond acceptors (Lipinski definition) is 4. The van der Waals surface area contributed by atoms with Crippen LogP contribution >= 0.6 is 0 Å². The Balaban J connectivity index is 1.89. The Morgan fingerprint density at radius 2 is 1.80 bits per heavy atom. The molecule has 4 rings (SSSR count). The first-order chi connectivity index (χ1) is 12.2. The van der Waals surface area contributed by atoms with E-state index in [9.17, 15) is 5.11 Å². The number of phenols is 1. The number of benzene rings is 2. The Hall–Kier alpha value is -3.24. The van der Waals surface area contributed by atoms with Gasteiger partial charge in [-0.2, -0.15) is 0 Å². The molecule has 124 valence electrons. The minimum absolute atomic E-state index is 0.204. The highest BCUT2D eigenvalue weighted by atomic mass is 16.5. The highest BCUT2D eigenvalue weighted by molar-refractivity contribution is 5.83. The van der Waals surface area contributed by atoms with Crippen molar-refractivity contribution in [2.75, 3.05) is 6.54 Å². The van der Waals surface area contributed by atoms with Gasteiger partial charge >= 0.3 is 0 Å². The Morgan fingerprint density at radius 1 is 1.08 bits per heavy atom. The van der Waals surface area contributed by atoms with Gasteiger partial charge in [-0.3, -0.25) is 0 Å². The van der Waals surface area contributed by atoms with Crippen LogP contribution in [0.1, 0.15) is 18.6 Å². The molecule has 1 N–H and O–H groups in total. The number of phenolic OH excluding ortho intramolecular Hbond substituents is 1. The predicted octanol–water partition coefficient (Wildman–Crippen LogP) is 5.06. The summed E-state index contributed by atoms with van der Waals surface area (Å²) in [6, 6.07) is 16.8. The van der Waals surface area contributed by atoms with E-state index in [1.54, 1.807) is 12.1 Å². The molecule has 1 heterocycles. The zero-order valence-corrected chi connectivity index (χ0v) is 13.5. The largest absolute Gasteiger partial charge is 0.508 e. The van der Waals surface area contributed by atoms with Gasteiger partial charge in [0, 0.05) is 22.4 Å². The number of hydrogen-bond donors (Lipinski definition) is 1. The molecular formula is C19H16N4O2. The van der Waals surface area contributed by atoms with Gasteiger partial charge in [-0.15, -0.1) is 0 Å². The van der Waals surface area contributed by atoms with Gasteiger partial charge in [-0.05, 0) is 48.2 Å². The quantitative estimate of drug-likeness (QED) is 0.402. The molecular weight excluding hydrogens is 316 g/mol. The first kappa shape index (κ1) is 15.3. The maximum atomic E-state index is 9.54. The first-order valence-electron chi connectivity index (χ1n) is 8.09.